The van der Waals surface area contributed by atoms with Gasteiger partial charge in [-0.15, -0.1) is 0 Å². The lowest BCUT2D eigenvalue weighted by molar-refractivity contribution is -0.385. The fraction of sp³-hybridized carbons (Fsp3) is 0.250. The Kier molecular flexibility index (Phi) is 5.94. The number of benzene rings is 2. The quantitative estimate of drug-likeness (QED) is 0.435. The third-order valence-electron chi connectivity index (χ3n) is 3.56. The molecule has 0 amide bonds. The minimum Gasteiger partial charge on any atom is -0.387 e. The molecule has 24 heavy (non-hydrogen) atoms. The molecule has 0 heterocycles. The van der Waals surface area contributed by atoms with Gasteiger partial charge < -0.3 is 10.4 Å². The van der Waals surface area contributed by atoms with E-state index in [0.29, 0.717) is 25.1 Å². The first-order chi connectivity index (χ1) is 11.5. The highest BCUT2D eigenvalue weighted by Gasteiger charge is 2.10. The van der Waals surface area contributed by atoms with Crippen LogP contribution in [0, 0.1) is 20.2 Å². The molecule has 8 nitrogen and oxygen atoms in total. The van der Waals surface area contributed by atoms with Gasteiger partial charge in [0.15, 0.2) is 0 Å². The molecule has 126 valence electrons. The fourth-order valence-corrected chi connectivity index (χ4v) is 2.19. The van der Waals surface area contributed by atoms with E-state index in [1.54, 1.807) is 12.1 Å². The van der Waals surface area contributed by atoms with E-state index in [2.05, 4.69) is 5.32 Å². The summed E-state index contributed by atoms with van der Waals surface area (Å²) in [6.45, 7) is 0.909. The minimum absolute atomic E-state index is 0.0166. The number of hydrogen-bond acceptors (Lipinski definition) is 6. The zero-order valence-electron chi connectivity index (χ0n) is 12.8. The highest BCUT2D eigenvalue weighted by molar-refractivity contribution is 5.34. The summed E-state index contributed by atoms with van der Waals surface area (Å²) in [6, 6.07) is 12.1. The van der Waals surface area contributed by atoms with E-state index in [0.717, 1.165) is 5.56 Å². The molecule has 0 fully saturated rings. The predicted molar refractivity (Wildman–Crippen MR) is 87.7 cm³/mol. The topological polar surface area (TPSA) is 119 Å². The van der Waals surface area contributed by atoms with E-state index in [9.17, 15) is 25.3 Å². The molecule has 0 aliphatic rings. The van der Waals surface area contributed by atoms with Crippen LogP contribution in [-0.4, -0.2) is 28.0 Å². The Hall–Kier alpha value is -2.84. The molecule has 2 aromatic rings. The highest BCUT2D eigenvalue weighted by atomic mass is 16.6. The molecule has 0 saturated heterocycles. The third kappa shape index (κ3) is 4.83. The highest BCUT2D eigenvalue weighted by Crippen LogP contribution is 2.17. The van der Waals surface area contributed by atoms with E-state index in [1.807, 2.05) is 0 Å². The van der Waals surface area contributed by atoms with Gasteiger partial charge in [-0.2, -0.15) is 0 Å². The standard InChI is InChI=1S/C16H17N3O5/c20-16(13-3-7-15(8-4-13)19(23)24)11-17-10-9-12-1-5-14(6-2-12)18(21)22/h1-8,16-17,20H,9-11H2. The number of nitrogens with one attached hydrogen (secondary N) is 1. The van der Waals surface area contributed by atoms with Gasteiger partial charge in [0.25, 0.3) is 11.4 Å². The first-order valence-electron chi connectivity index (χ1n) is 7.34. The first kappa shape index (κ1) is 17.5. The van der Waals surface area contributed by atoms with Gasteiger partial charge in [-0.3, -0.25) is 20.2 Å². The van der Waals surface area contributed by atoms with Crippen LogP contribution in [0.1, 0.15) is 17.2 Å². The van der Waals surface area contributed by atoms with Gasteiger partial charge in [0.05, 0.1) is 16.0 Å². The van der Waals surface area contributed by atoms with Gasteiger partial charge in [-0.05, 0) is 36.2 Å². The van der Waals surface area contributed by atoms with Crippen LogP contribution in [0.2, 0.25) is 0 Å². The molecule has 0 radical (unpaired) electrons. The second-order valence-electron chi connectivity index (χ2n) is 5.24. The number of hydrogen-bond donors (Lipinski definition) is 2. The summed E-state index contributed by atoms with van der Waals surface area (Å²) in [5.74, 6) is 0. The van der Waals surface area contributed by atoms with Crippen molar-refractivity contribution in [3.8, 4) is 0 Å². The summed E-state index contributed by atoms with van der Waals surface area (Å²) in [5.41, 5.74) is 1.60. The van der Waals surface area contributed by atoms with Crippen molar-refractivity contribution in [2.75, 3.05) is 13.1 Å². The van der Waals surface area contributed by atoms with Crippen molar-refractivity contribution in [2.45, 2.75) is 12.5 Å². The number of non-ortho nitro benzene ring substituents is 2. The Labute approximate surface area is 138 Å². The number of nitro groups is 2. The summed E-state index contributed by atoms with van der Waals surface area (Å²) in [5, 5.41) is 34.3. The summed E-state index contributed by atoms with van der Waals surface area (Å²) in [6.07, 6.45) is -0.0898. The second-order valence-corrected chi connectivity index (χ2v) is 5.24. The Balaban J connectivity index is 1.77. The zero-order chi connectivity index (χ0) is 17.5. The number of rotatable bonds is 8. The fourth-order valence-electron chi connectivity index (χ4n) is 2.19. The summed E-state index contributed by atoms with van der Waals surface area (Å²) in [4.78, 5) is 20.2. The molecule has 0 aliphatic heterocycles. The molecule has 1 atom stereocenters. The lowest BCUT2D eigenvalue weighted by Crippen LogP contribution is -2.23. The minimum atomic E-state index is -0.761. The average Bonchev–Trinajstić information content (AvgIpc) is 2.59. The summed E-state index contributed by atoms with van der Waals surface area (Å²) < 4.78 is 0. The molecule has 0 saturated carbocycles. The maximum Gasteiger partial charge on any atom is 0.269 e. The van der Waals surface area contributed by atoms with Crippen LogP contribution in [0.15, 0.2) is 48.5 Å². The second kappa shape index (κ2) is 8.14. The van der Waals surface area contributed by atoms with Crippen LogP contribution >= 0.6 is 0 Å². The molecule has 1 unspecified atom stereocenters. The monoisotopic (exact) mass is 331 g/mol. The molecule has 2 aromatic carbocycles. The van der Waals surface area contributed by atoms with E-state index in [1.165, 1.54) is 36.4 Å². The van der Waals surface area contributed by atoms with Crippen molar-refractivity contribution in [2.24, 2.45) is 0 Å². The van der Waals surface area contributed by atoms with Crippen LogP contribution in [0.5, 0.6) is 0 Å². The molecule has 8 heteroatoms. The van der Waals surface area contributed by atoms with Gasteiger partial charge in [0.2, 0.25) is 0 Å². The zero-order valence-corrected chi connectivity index (χ0v) is 12.8. The van der Waals surface area contributed by atoms with Crippen molar-refractivity contribution in [3.63, 3.8) is 0 Å². The lowest BCUT2D eigenvalue weighted by Gasteiger charge is -2.12. The van der Waals surface area contributed by atoms with Gasteiger partial charge in [-0.1, -0.05) is 12.1 Å². The van der Waals surface area contributed by atoms with E-state index in [-0.39, 0.29) is 11.4 Å². The molecule has 0 aliphatic carbocycles. The van der Waals surface area contributed by atoms with Crippen LogP contribution in [0.25, 0.3) is 0 Å². The van der Waals surface area contributed by atoms with Crippen LogP contribution in [0.3, 0.4) is 0 Å². The number of nitrogens with zero attached hydrogens (tertiary/aromatic N) is 2. The van der Waals surface area contributed by atoms with Gasteiger partial charge in [0.1, 0.15) is 0 Å². The molecule has 0 aromatic heterocycles. The number of nitro benzene ring substituents is 2. The third-order valence-corrected chi connectivity index (χ3v) is 3.56. The van der Waals surface area contributed by atoms with Crippen LogP contribution in [0.4, 0.5) is 11.4 Å². The van der Waals surface area contributed by atoms with Gasteiger partial charge in [-0.25, -0.2) is 0 Å². The van der Waals surface area contributed by atoms with Gasteiger partial charge >= 0.3 is 0 Å². The van der Waals surface area contributed by atoms with E-state index < -0.39 is 16.0 Å². The molecule has 0 bridgehead atoms. The molecular formula is C16H17N3O5. The Bertz CT molecular complexity index is 701. The number of aliphatic hydroxyl groups is 1. The Morgan fingerprint density at radius 3 is 1.92 bits per heavy atom. The van der Waals surface area contributed by atoms with Crippen molar-refractivity contribution in [1.82, 2.24) is 5.32 Å². The SMILES string of the molecule is O=[N+]([O-])c1ccc(CCNCC(O)c2ccc([N+](=O)[O-])cc2)cc1. The molecular weight excluding hydrogens is 314 g/mol. The molecule has 0 spiro atoms. The first-order valence-corrected chi connectivity index (χ1v) is 7.34. The van der Waals surface area contributed by atoms with E-state index >= 15 is 0 Å². The predicted octanol–water partition coefficient (Wildman–Crippen LogP) is 2.37. The Morgan fingerprint density at radius 1 is 0.917 bits per heavy atom. The average molecular weight is 331 g/mol. The normalized spacial score (nSPS) is 11.9. The smallest absolute Gasteiger partial charge is 0.269 e. The van der Waals surface area contributed by atoms with Crippen molar-refractivity contribution in [3.05, 3.63) is 79.9 Å². The number of aliphatic hydroxyl groups excluding tert-OH is 1. The van der Waals surface area contributed by atoms with Gasteiger partial charge in [0, 0.05) is 30.8 Å². The maximum absolute atomic E-state index is 10.6. The summed E-state index contributed by atoms with van der Waals surface area (Å²) in [7, 11) is 0. The van der Waals surface area contributed by atoms with Crippen molar-refractivity contribution >= 4 is 11.4 Å². The van der Waals surface area contributed by atoms with Crippen LogP contribution in [-0.2, 0) is 6.42 Å². The Morgan fingerprint density at radius 2 is 1.42 bits per heavy atom. The lowest BCUT2D eigenvalue weighted by atomic mass is 10.1. The molecule has 2 N–H and O–H groups in total. The molecule has 2 rings (SSSR count). The maximum atomic E-state index is 10.6. The largest absolute Gasteiger partial charge is 0.387 e. The van der Waals surface area contributed by atoms with E-state index in [4.69, 9.17) is 0 Å². The summed E-state index contributed by atoms with van der Waals surface area (Å²) >= 11 is 0. The van der Waals surface area contributed by atoms with Crippen molar-refractivity contribution < 1.29 is 15.0 Å². The van der Waals surface area contributed by atoms with Crippen molar-refractivity contribution in [1.29, 1.82) is 0 Å². The van der Waals surface area contributed by atoms with Crippen LogP contribution < -0.4 is 5.32 Å².